The Labute approximate surface area is 166 Å². The fraction of sp³-hybridized carbons (Fsp3) is 0.105. The molecule has 0 saturated carbocycles. The number of aryl methyl sites for hydroxylation is 2. The molecule has 0 aliphatic carbocycles. The molecule has 8 nitrogen and oxygen atoms in total. The van der Waals surface area contributed by atoms with Gasteiger partial charge in [0.1, 0.15) is 0 Å². The van der Waals surface area contributed by atoms with Gasteiger partial charge in [-0.2, -0.15) is 25.2 Å². The Morgan fingerprint density at radius 3 is 2.54 bits per heavy atom. The van der Waals surface area contributed by atoms with Gasteiger partial charge in [-0.25, -0.2) is 10.1 Å². The van der Waals surface area contributed by atoms with E-state index < -0.39 is 0 Å². The van der Waals surface area contributed by atoms with Gasteiger partial charge in [-0.15, -0.1) is 11.3 Å². The molecule has 0 aliphatic heterocycles. The van der Waals surface area contributed by atoms with Gasteiger partial charge in [0.25, 0.3) is 5.95 Å². The largest absolute Gasteiger partial charge is 0.324 e. The van der Waals surface area contributed by atoms with Crippen molar-refractivity contribution in [3.05, 3.63) is 70.2 Å². The number of rotatable bonds is 6. The highest BCUT2D eigenvalue weighted by Gasteiger charge is 2.12. The Hall–Kier alpha value is -3.59. The maximum absolute atomic E-state index is 4.51. The smallest absolute Gasteiger partial charge is 0.257 e. The predicted molar refractivity (Wildman–Crippen MR) is 112 cm³/mol. The number of nitrogens with zero attached hydrogens (tertiary/aromatic N) is 6. The Morgan fingerprint density at radius 2 is 1.82 bits per heavy atom. The SMILES string of the molecule is Cc1cc(C)n(-c2nc(N/N=C\c3cccs3)nc(Nc3ccccc3)n2)n1. The second-order valence-corrected chi connectivity index (χ2v) is 6.98. The molecule has 3 aromatic heterocycles. The number of thiophene rings is 1. The zero-order chi connectivity index (χ0) is 19.3. The van der Waals surface area contributed by atoms with Crippen LogP contribution in [0.15, 0.2) is 59.0 Å². The molecule has 0 atom stereocenters. The normalized spacial score (nSPS) is 11.1. The fourth-order valence-electron chi connectivity index (χ4n) is 2.57. The first kappa shape index (κ1) is 17.8. The van der Waals surface area contributed by atoms with E-state index in [9.17, 15) is 0 Å². The summed E-state index contributed by atoms with van der Waals surface area (Å²) in [6, 6.07) is 15.6. The van der Waals surface area contributed by atoms with Gasteiger partial charge >= 0.3 is 0 Å². The molecule has 4 rings (SSSR count). The number of para-hydroxylation sites is 1. The van der Waals surface area contributed by atoms with Crippen LogP contribution in [-0.2, 0) is 0 Å². The summed E-state index contributed by atoms with van der Waals surface area (Å²) in [4.78, 5) is 14.4. The summed E-state index contributed by atoms with van der Waals surface area (Å²) in [7, 11) is 0. The quantitative estimate of drug-likeness (QED) is 0.383. The number of benzene rings is 1. The molecule has 2 N–H and O–H groups in total. The third kappa shape index (κ3) is 4.21. The van der Waals surface area contributed by atoms with Gasteiger partial charge in [-0.05, 0) is 43.5 Å². The molecule has 0 aliphatic rings. The summed E-state index contributed by atoms with van der Waals surface area (Å²) in [5.41, 5.74) is 5.58. The second kappa shape index (κ2) is 7.97. The van der Waals surface area contributed by atoms with Crippen molar-refractivity contribution in [3.63, 3.8) is 0 Å². The van der Waals surface area contributed by atoms with Gasteiger partial charge in [0.2, 0.25) is 11.9 Å². The minimum atomic E-state index is 0.323. The summed E-state index contributed by atoms with van der Waals surface area (Å²) in [6.45, 7) is 3.88. The Kier molecular flexibility index (Phi) is 5.07. The molecule has 28 heavy (non-hydrogen) atoms. The number of hydrogen-bond donors (Lipinski definition) is 2. The molecule has 9 heteroatoms. The predicted octanol–water partition coefficient (Wildman–Crippen LogP) is 3.93. The first-order chi connectivity index (χ1) is 13.7. The van der Waals surface area contributed by atoms with E-state index in [4.69, 9.17) is 0 Å². The molecule has 0 spiro atoms. The summed E-state index contributed by atoms with van der Waals surface area (Å²) in [6.07, 6.45) is 1.72. The topological polar surface area (TPSA) is 92.9 Å². The van der Waals surface area contributed by atoms with Crippen LogP contribution >= 0.6 is 11.3 Å². The van der Waals surface area contributed by atoms with Crippen LogP contribution in [0.4, 0.5) is 17.6 Å². The Balaban J connectivity index is 1.66. The Bertz CT molecular complexity index is 1090. The zero-order valence-electron chi connectivity index (χ0n) is 15.4. The monoisotopic (exact) mass is 390 g/mol. The molecule has 4 aromatic rings. The van der Waals surface area contributed by atoms with Crippen molar-refractivity contribution >= 4 is 35.1 Å². The molecule has 1 aromatic carbocycles. The van der Waals surface area contributed by atoms with E-state index in [-0.39, 0.29) is 0 Å². The van der Waals surface area contributed by atoms with Gasteiger partial charge in [-0.3, -0.25) is 0 Å². The average molecular weight is 390 g/mol. The van der Waals surface area contributed by atoms with Crippen LogP contribution in [0.2, 0.25) is 0 Å². The first-order valence-corrected chi connectivity index (χ1v) is 9.50. The van der Waals surface area contributed by atoms with E-state index in [1.54, 1.807) is 22.2 Å². The van der Waals surface area contributed by atoms with Gasteiger partial charge in [0.05, 0.1) is 11.9 Å². The standard InChI is InChI=1S/C19H18N8S/c1-13-11-14(2)27(26-13)19-23-17(21-15-7-4-3-5-8-15)22-18(24-19)25-20-12-16-9-6-10-28-16/h3-12H,1-2H3,(H2,21,22,23,24,25)/b20-12-. The van der Waals surface area contributed by atoms with Crippen molar-refractivity contribution in [1.29, 1.82) is 0 Å². The third-order valence-corrected chi connectivity index (χ3v) is 4.56. The molecule has 140 valence electrons. The van der Waals surface area contributed by atoms with Crippen molar-refractivity contribution in [2.75, 3.05) is 10.7 Å². The van der Waals surface area contributed by atoms with E-state index in [1.807, 2.05) is 67.8 Å². The lowest BCUT2D eigenvalue weighted by Gasteiger charge is -2.09. The molecular weight excluding hydrogens is 372 g/mol. The summed E-state index contributed by atoms with van der Waals surface area (Å²) >= 11 is 1.60. The summed E-state index contributed by atoms with van der Waals surface area (Å²) in [5.74, 6) is 1.13. The number of nitrogens with one attached hydrogen (secondary N) is 2. The lowest BCUT2D eigenvalue weighted by molar-refractivity contribution is 0.767. The lowest BCUT2D eigenvalue weighted by Crippen LogP contribution is -2.11. The minimum Gasteiger partial charge on any atom is -0.324 e. The van der Waals surface area contributed by atoms with Crippen molar-refractivity contribution in [1.82, 2.24) is 24.7 Å². The Morgan fingerprint density at radius 1 is 1.00 bits per heavy atom. The van der Waals surface area contributed by atoms with Crippen LogP contribution in [0.25, 0.3) is 5.95 Å². The molecule has 0 amide bonds. The van der Waals surface area contributed by atoms with E-state index in [1.165, 1.54) is 0 Å². The maximum Gasteiger partial charge on any atom is 0.257 e. The van der Waals surface area contributed by atoms with E-state index in [2.05, 4.69) is 35.9 Å². The van der Waals surface area contributed by atoms with Crippen molar-refractivity contribution in [3.8, 4) is 5.95 Å². The van der Waals surface area contributed by atoms with Crippen LogP contribution in [-0.4, -0.2) is 30.9 Å². The summed E-state index contributed by atoms with van der Waals surface area (Å²) in [5, 5.41) is 13.9. The van der Waals surface area contributed by atoms with Crippen LogP contribution in [0.3, 0.4) is 0 Å². The molecular formula is C19H18N8S. The summed E-state index contributed by atoms with van der Waals surface area (Å²) < 4.78 is 1.68. The fourth-order valence-corrected chi connectivity index (χ4v) is 3.15. The lowest BCUT2D eigenvalue weighted by atomic mass is 10.3. The number of hydrogen-bond acceptors (Lipinski definition) is 8. The number of hydrazone groups is 1. The van der Waals surface area contributed by atoms with Gasteiger partial charge in [0.15, 0.2) is 0 Å². The highest BCUT2D eigenvalue weighted by atomic mass is 32.1. The number of anilines is 3. The molecule has 0 fully saturated rings. The molecule has 3 heterocycles. The van der Waals surface area contributed by atoms with Crippen molar-refractivity contribution in [2.45, 2.75) is 13.8 Å². The van der Waals surface area contributed by atoms with Gasteiger partial charge in [-0.1, -0.05) is 24.3 Å². The molecule has 0 radical (unpaired) electrons. The highest BCUT2D eigenvalue weighted by molar-refractivity contribution is 7.11. The molecule has 0 bridgehead atoms. The van der Waals surface area contributed by atoms with Gasteiger partial charge in [0, 0.05) is 16.3 Å². The van der Waals surface area contributed by atoms with Crippen LogP contribution < -0.4 is 10.7 Å². The van der Waals surface area contributed by atoms with Crippen LogP contribution in [0.5, 0.6) is 0 Å². The highest BCUT2D eigenvalue weighted by Crippen LogP contribution is 2.16. The zero-order valence-corrected chi connectivity index (χ0v) is 16.2. The number of aromatic nitrogens is 5. The average Bonchev–Trinajstić information content (AvgIpc) is 3.31. The van der Waals surface area contributed by atoms with Crippen LogP contribution in [0, 0.1) is 13.8 Å². The van der Waals surface area contributed by atoms with Gasteiger partial charge < -0.3 is 5.32 Å². The van der Waals surface area contributed by atoms with E-state index in [0.29, 0.717) is 17.8 Å². The molecule has 0 saturated heterocycles. The van der Waals surface area contributed by atoms with E-state index >= 15 is 0 Å². The van der Waals surface area contributed by atoms with Crippen molar-refractivity contribution < 1.29 is 0 Å². The maximum atomic E-state index is 4.51. The third-order valence-electron chi connectivity index (χ3n) is 3.75. The second-order valence-electron chi connectivity index (χ2n) is 6.00. The van der Waals surface area contributed by atoms with E-state index in [0.717, 1.165) is 22.0 Å². The first-order valence-electron chi connectivity index (χ1n) is 8.62. The minimum absolute atomic E-state index is 0.323. The van der Waals surface area contributed by atoms with Crippen LogP contribution in [0.1, 0.15) is 16.3 Å². The van der Waals surface area contributed by atoms with Crippen molar-refractivity contribution in [2.24, 2.45) is 5.10 Å². The molecule has 0 unspecified atom stereocenters.